The van der Waals surface area contributed by atoms with E-state index in [-0.39, 0.29) is 24.0 Å². The zero-order chi connectivity index (χ0) is 22.4. The average Bonchev–Trinajstić information content (AvgIpc) is 2.68. The molecule has 1 amide bonds. The summed E-state index contributed by atoms with van der Waals surface area (Å²) in [4.78, 5) is 15.8. The highest BCUT2D eigenvalue weighted by molar-refractivity contribution is 14.0. The van der Waals surface area contributed by atoms with Crippen molar-refractivity contribution in [1.29, 1.82) is 0 Å². The molecule has 1 aromatic carbocycles. The maximum absolute atomic E-state index is 11.6. The lowest BCUT2D eigenvalue weighted by Crippen LogP contribution is -2.39. The molecule has 178 valence electrons. The zero-order valence-electron chi connectivity index (χ0n) is 19.7. The van der Waals surface area contributed by atoms with Crippen LogP contribution in [0.15, 0.2) is 23.2 Å². The van der Waals surface area contributed by atoms with E-state index in [2.05, 4.69) is 27.0 Å². The molecule has 1 aromatic rings. The van der Waals surface area contributed by atoms with Gasteiger partial charge in [-0.3, -0.25) is 4.99 Å². The molecule has 31 heavy (non-hydrogen) atoms. The minimum absolute atomic E-state index is 0. The second-order valence-corrected chi connectivity index (χ2v) is 7.73. The van der Waals surface area contributed by atoms with Gasteiger partial charge >= 0.3 is 6.09 Å². The van der Waals surface area contributed by atoms with E-state index in [0.717, 1.165) is 43.3 Å². The minimum atomic E-state index is -0.481. The number of hydrogen-bond acceptors (Lipinski definition) is 5. The SMILES string of the molecule is CCOc1cc(CCCNC(=NC)NCCCNC(=O)OC(C)(C)C)ccc1OC.I. The van der Waals surface area contributed by atoms with Crippen molar-refractivity contribution < 1.29 is 19.0 Å². The van der Waals surface area contributed by atoms with Gasteiger partial charge < -0.3 is 30.2 Å². The van der Waals surface area contributed by atoms with E-state index in [1.807, 2.05) is 39.8 Å². The molecule has 8 nitrogen and oxygen atoms in total. The number of aliphatic imine (C=N–C) groups is 1. The Balaban J connectivity index is 0.00000900. The van der Waals surface area contributed by atoms with E-state index in [1.165, 1.54) is 5.56 Å². The second-order valence-electron chi connectivity index (χ2n) is 7.73. The summed E-state index contributed by atoms with van der Waals surface area (Å²) >= 11 is 0. The molecule has 0 heterocycles. The predicted molar refractivity (Wildman–Crippen MR) is 136 cm³/mol. The summed E-state index contributed by atoms with van der Waals surface area (Å²) < 4.78 is 16.2. The van der Waals surface area contributed by atoms with Crippen molar-refractivity contribution in [1.82, 2.24) is 16.0 Å². The lowest BCUT2D eigenvalue weighted by atomic mass is 10.1. The summed E-state index contributed by atoms with van der Waals surface area (Å²) in [5.41, 5.74) is 0.724. The maximum atomic E-state index is 11.6. The molecule has 0 fully saturated rings. The number of rotatable bonds is 11. The molecule has 0 aliphatic heterocycles. The van der Waals surface area contributed by atoms with Gasteiger partial charge in [0.1, 0.15) is 5.60 Å². The summed E-state index contributed by atoms with van der Waals surface area (Å²) in [7, 11) is 3.39. The first-order chi connectivity index (χ1) is 14.3. The number of guanidine groups is 1. The third kappa shape index (κ3) is 13.2. The number of carbonyl (C=O) groups is 1. The van der Waals surface area contributed by atoms with Gasteiger partial charge in [0.25, 0.3) is 0 Å². The van der Waals surface area contributed by atoms with E-state index in [0.29, 0.717) is 19.7 Å². The summed E-state index contributed by atoms with van der Waals surface area (Å²) in [5, 5.41) is 9.29. The first-order valence-electron chi connectivity index (χ1n) is 10.5. The average molecular weight is 550 g/mol. The van der Waals surface area contributed by atoms with E-state index in [1.54, 1.807) is 14.2 Å². The normalized spacial score (nSPS) is 11.2. The summed E-state index contributed by atoms with van der Waals surface area (Å²) in [6, 6.07) is 6.04. The molecule has 0 aliphatic rings. The zero-order valence-corrected chi connectivity index (χ0v) is 22.0. The number of ether oxygens (including phenoxy) is 3. The van der Waals surface area contributed by atoms with E-state index in [9.17, 15) is 4.79 Å². The molecule has 0 aliphatic carbocycles. The molecule has 0 radical (unpaired) electrons. The molecule has 0 atom stereocenters. The minimum Gasteiger partial charge on any atom is -0.493 e. The van der Waals surface area contributed by atoms with Crippen molar-refractivity contribution >= 4 is 36.0 Å². The lowest BCUT2D eigenvalue weighted by molar-refractivity contribution is 0.0527. The number of methoxy groups -OCH3 is 1. The third-order valence-corrected chi connectivity index (χ3v) is 4.00. The molecule has 0 bridgehead atoms. The van der Waals surface area contributed by atoms with Gasteiger partial charge in [0.05, 0.1) is 13.7 Å². The van der Waals surface area contributed by atoms with Gasteiger partial charge in [-0.25, -0.2) is 4.79 Å². The molecule has 0 spiro atoms. The Morgan fingerprint density at radius 1 is 1.03 bits per heavy atom. The fraction of sp³-hybridized carbons (Fsp3) is 0.636. The highest BCUT2D eigenvalue weighted by Gasteiger charge is 2.15. The monoisotopic (exact) mass is 550 g/mol. The van der Waals surface area contributed by atoms with Crippen LogP contribution in [0.5, 0.6) is 11.5 Å². The summed E-state index contributed by atoms with van der Waals surface area (Å²) in [6.07, 6.45) is 2.26. The van der Waals surface area contributed by atoms with Crippen molar-refractivity contribution in [3.05, 3.63) is 23.8 Å². The number of nitrogens with one attached hydrogen (secondary N) is 3. The number of aryl methyl sites for hydroxylation is 1. The van der Waals surface area contributed by atoms with Crippen molar-refractivity contribution in [3.63, 3.8) is 0 Å². The molecular weight excluding hydrogens is 511 g/mol. The second kappa shape index (κ2) is 15.8. The topological polar surface area (TPSA) is 93.2 Å². The third-order valence-electron chi connectivity index (χ3n) is 4.00. The van der Waals surface area contributed by atoms with Gasteiger partial charge in [-0.05, 0) is 64.7 Å². The number of hydrogen-bond donors (Lipinski definition) is 3. The standard InChI is InChI=1S/C22H38N4O4.HI/c1-7-29-19-16-17(11-12-18(19)28-6)10-8-13-24-20(23-5)25-14-9-15-26-21(27)30-22(2,3)4;/h11-12,16H,7-10,13-15H2,1-6H3,(H,26,27)(H2,23,24,25);1H. The molecule has 3 N–H and O–H groups in total. The number of carbonyl (C=O) groups excluding carboxylic acids is 1. The lowest BCUT2D eigenvalue weighted by Gasteiger charge is -2.19. The molecular formula is C22H39IN4O4. The van der Waals surface area contributed by atoms with Gasteiger partial charge in [-0.1, -0.05) is 6.07 Å². The molecule has 0 unspecified atom stereocenters. The fourth-order valence-corrected chi connectivity index (χ4v) is 2.66. The van der Waals surface area contributed by atoms with Gasteiger partial charge in [0.15, 0.2) is 17.5 Å². The molecule has 1 rings (SSSR count). The largest absolute Gasteiger partial charge is 0.493 e. The highest BCUT2D eigenvalue weighted by atomic mass is 127. The number of benzene rings is 1. The van der Waals surface area contributed by atoms with Crippen molar-refractivity contribution in [2.45, 2.75) is 52.6 Å². The number of amides is 1. The van der Waals surface area contributed by atoms with Crippen molar-refractivity contribution in [2.24, 2.45) is 4.99 Å². The smallest absolute Gasteiger partial charge is 0.407 e. The van der Waals surface area contributed by atoms with E-state index < -0.39 is 11.7 Å². The van der Waals surface area contributed by atoms with Crippen molar-refractivity contribution in [2.75, 3.05) is 40.4 Å². The van der Waals surface area contributed by atoms with Crippen LogP contribution in [0, 0.1) is 0 Å². The predicted octanol–water partition coefficient (Wildman–Crippen LogP) is 3.72. The van der Waals surface area contributed by atoms with Gasteiger partial charge in [0, 0.05) is 26.7 Å². The fourth-order valence-electron chi connectivity index (χ4n) is 2.66. The van der Waals surface area contributed by atoms with E-state index in [4.69, 9.17) is 14.2 Å². The van der Waals surface area contributed by atoms with Crippen LogP contribution in [0.4, 0.5) is 4.79 Å². The van der Waals surface area contributed by atoms with Crippen LogP contribution in [0.3, 0.4) is 0 Å². The van der Waals surface area contributed by atoms with Crippen LogP contribution in [0.1, 0.15) is 46.1 Å². The van der Waals surface area contributed by atoms with Crippen LogP contribution >= 0.6 is 24.0 Å². The van der Waals surface area contributed by atoms with Crippen LogP contribution in [-0.4, -0.2) is 58.1 Å². The quantitative estimate of drug-likeness (QED) is 0.168. The Hall–Kier alpha value is -1.91. The highest BCUT2D eigenvalue weighted by Crippen LogP contribution is 2.28. The Kier molecular flexibility index (Phi) is 14.9. The number of nitrogens with zero attached hydrogens (tertiary/aromatic N) is 1. The Bertz CT molecular complexity index is 678. The first kappa shape index (κ1) is 29.1. The van der Waals surface area contributed by atoms with Crippen LogP contribution in [-0.2, 0) is 11.2 Å². The van der Waals surface area contributed by atoms with Gasteiger partial charge in [-0.2, -0.15) is 0 Å². The maximum Gasteiger partial charge on any atom is 0.407 e. The van der Waals surface area contributed by atoms with Crippen LogP contribution < -0.4 is 25.4 Å². The summed E-state index contributed by atoms with van der Waals surface area (Å²) in [5.74, 6) is 2.28. The number of halogens is 1. The molecule has 0 saturated carbocycles. The molecule has 9 heteroatoms. The number of alkyl carbamates (subject to hydrolysis) is 1. The van der Waals surface area contributed by atoms with Crippen molar-refractivity contribution in [3.8, 4) is 11.5 Å². The van der Waals surface area contributed by atoms with E-state index >= 15 is 0 Å². The van der Waals surface area contributed by atoms with Crippen LogP contribution in [0.2, 0.25) is 0 Å². The van der Waals surface area contributed by atoms with Gasteiger partial charge in [-0.15, -0.1) is 24.0 Å². The molecule has 0 aromatic heterocycles. The first-order valence-corrected chi connectivity index (χ1v) is 10.5. The van der Waals surface area contributed by atoms with Gasteiger partial charge in [0.2, 0.25) is 0 Å². The Morgan fingerprint density at radius 2 is 1.68 bits per heavy atom. The summed E-state index contributed by atoms with van der Waals surface area (Å²) in [6.45, 7) is 10.1. The Morgan fingerprint density at radius 3 is 2.26 bits per heavy atom. The van der Waals surface area contributed by atoms with Crippen LogP contribution in [0.25, 0.3) is 0 Å². The Labute approximate surface area is 203 Å². The molecule has 0 saturated heterocycles.